The SMILES string of the molecule is Cc1cncc(-c2ccc(-c3ccc4c(c3)P3(=S)c5cc(-c6ccc(-c7cncc(C)c7)cc6)ccc5Oc5cccc(c53)O4)cc2)c1. The first-order valence-corrected chi connectivity index (χ1v) is 18.7. The summed E-state index contributed by atoms with van der Waals surface area (Å²) in [6.45, 7) is 4.13. The summed E-state index contributed by atoms with van der Waals surface area (Å²) in [5.74, 6) is 3.17. The highest BCUT2D eigenvalue weighted by molar-refractivity contribution is 8.26. The van der Waals surface area contributed by atoms with E-state index in [0.29, 0.717) is 0 Å². The van der Waals surface area contributed by atoms with Gasteiger partial charge in [0, 0.05) is 46.5 Å². The minimum Gasteiger partial charge on any atom is -0.456 e. The number of ether oxygens (including phenoxy) is 2. The van der Waals surface area contributed by atoms with Crippen LogP contribution in [0.1, 0.15) is 11.1 Å². The molecule has 0 radical (unpaired) electrons. The summed E-state index contributed by atoms with van der Waals surface area (Å²) in [6.07, 6.45) is 7.57. The van der Waals surface area contributed by atoms with Crippen LogP contribution >= 0.6 is 6.04 Å². The van der Waals surface area contributed by atoms with Gasteiger partial charge in [-0.05, 0) is 107 Å². The van der Waals surface area contributed by atoms with E-state index >= 15 is 0 Å². The van der Waals surface area contributed by atoms with Gasteiger partial charge in [0.1, 0.15) is 23.0 Å². The van der Waals surface area contributed by atoms with Crippen molar-refractivity contribution in [1.82, 2.24) is 9.97 Å². The smallest absolute Gasteiger partial charge is 0.140 e. The predicted molar refractivity (Wildman–Crippen MR) is 199 cm³/mol. The van der Waals surface area contributed by atoms with Gasteiger partial charge < -0.3 is 9.47 Å². The van der Waals surface area contributed by atoms with E-state index in [0.717, 1.165) is 94.5 Å². The summed E-state index contributed by atoms with van der Waals surface area (Å²) in [7, 11) is 0. The maximum atomic E-state index is 6.91. The van der Waals surface area contributed by atoms with E-state index in [9.17, 15) is 0 Å². The molecule has 0 saturated carbocycles. The Labute approximate surface area is 284 Å². The second kappa shape index (κ2) is 11.1. The van der Waals surface area contributed by atoms with Crippen molar-refractivity contribution >= 4 is 33.8 Å². The molecule has 2 aliphatic rings. The van der Waals surface area contributed by atoms with Crippen LogP contribution in [0.2, 0.25) is 0 Å². The van der Waals surface area contributed by atoms with Crippen LogP contribution in [-0.4, -0.2) is 9.97 Å². The van der Waals surface area contributed by atoms with E-state index in [1.165, 1.54) is 0 Å². The Bertz CT molecular complexity index is 2290. The lowest BCUT2D eigenvalue weighted by molar-refractivity contribution is 0.466. The van der Waals surface area contributed by atoms with Gasteiger partial charge in [0.15, 0.2) is 0 Å². The largest absolute Gasteiger partial charge is 0.456 e. The molecule has 0 fully saturated rings. The number of rotatable bonds is 4. The lowest BCUT2D eigenvalue weighted by Gasteiger charge is -2.37. The normalized spacial score (nSPS) is 13.4. The summed E-state index contributed by atoms with van der Waals surface area (Å²) in [4.78, 5) is 8.75. The quantitative estimate of drug-likeness (QED) is 0.177. The highest BCUT2D eigenvalue weighted by atomic mass is 32.4. The van der Waals surface area contributed by atoms with Gasteiger partial charge >= 0.3 is 0 Å². The third-order valence-electron chi connectivity index (χ3n) is 9.17. The molecule has 48 heavy (non-hydrogen) atoms. The fourth-order valence-corrected chi connectivity index (χ4v) is 11.3. The Kier molecular flexibility index (Phi) is 6.68. The van der Waals surface area contributed by atoms with Crippen molar-refractivity contribution in [2.24, 2.45) is 0 Å². The van der Waals surface area contributed by atoms with Crippen LogP contribution in [0.4, 0.5) is 0 Å². The standard InChI is InChI=1S/C42H29N2O2PS/c1-26-18-34(24-43-22-26)30-10-6-28(7-11-30)32-14-16-36-40(20-32)47(48)41-21-33(15-17-37(41)46-39-5-3-4-38(45-36)42(39)47)29-8-12-31(13-9-29)35-19-27(2)23-44-25-35/h3-25H,1-2H3. The molecular formula is C42H29N2O2PS. The zero-order valence-corrected chi connectivity index (χ0v) is 28.1. The number of fused-ring (bicyclic) bond motifs is 4. The number of hydrogen-bond acceptors (Lipinski definition) is 5. The molecule has 0 amide bonds. The Morgan fingerprint density at radius 2 is 0.833 bits per heavy atom. The molecular weight excluding hydrogens is 628 g/mol. The average molecular weight is 657 g/mol. The first-order chi connectivity index (χ1) is 23.4. The third-order valence-corrected chi connectivity index (χ3v) is 14.0. The topological polar surface area (TPSA) is 44.2 Å². The first kappa shape index (κ1) is 28.8. The Balaban J connectivity index is 1.15. The van der Waals surface area contributed by atoms with Gasteiger partial charge in [0.05, 0.1) is 11.3 Å². The molecule has 2 aromatic heterocycles. The van der Waals surface area contributed by atoms with Gasteiger partial charge in [-0.15, -0.1) is 0 Å². The van der Waals surface area contributed by atoms with Gasteiger partial charge in [-0.25, -0.2) is 0 Å². The van der Waals surface area contributed by atoms with Crippen LogP contribution in [0.15, 0.2) is 140 Å². The number of hydrogen-bond donors (Lipinski definition) is 0. The fourth-order valence-electron chi connectivity index (χ4n) is 6.78. The molecule has 2 aliphatic heterocycles. The molecule has 0 unspecified atom stereocenters. The summed E-state index contributed by atoms with van der Waals surface area (Å²) in [5, 5.41) is 3.08. The van der Waals surface area contributed by atoms with E-state index < -0.39 is 6.04 Å². The highest BCUT2D eigenvalue weighted by Crippen LogP contribution is 2.59. The van der Waals surface area contributed by atoms with E-state index in [-0.39, 0.29) is 0 Å². The number of pyridine rings is 2. The van der Waals surface area contributed by atoms with E-state index in [2.05, 4.69) is 121 Å². The molecule has 230 valence electrons. The van der Waals surface area contributed by atoms with Crippen molar-refractivity contribution in [3.63, 3.8) is 0 Å². The molecule has 7 aromatic rings. The van der Waals surface area contributed by atoms with E-state index in [1.807, 2.05) is 43.0 Å². The fraction of sp³-hybridized carbons (Fsp3) is 0.0476. The first-order valence-electron chi connectivity index (χ1n) is 15.9. The molecule has 6 heteroatoms. The lowest BCUT2D eigenvalue weighted by Crippen LogP contribution is -2.35. The summed E-state index contributed by atoms with van der Waals surface area (Å²) < 4.78 is 13.1. The molecule has 0 bridgehead atoms. The molecule has 4 heterocycles. The predicted octanol–water partition coefficient (Wildman–Crippen LogP) is 9.73. The lowest BCUT2D eigenvalue weighted by atomic mass is 10.0. The van der Waals surface area contributed by atoms with Crippen LogP contribution in [0.3, 0.4) is 0 Å². The summed E-state index contributed by atoms with van der Waals surface area (Å²) in [6, 6.07) is 37.9. The molecule has 0 atom stereocenters. The monoisotopic (exact) mass is 656 g/mol. The Morgan fingerprint density at radius 3 is 1.25 bits per heavy atom. The molecule has 0 aliphatic carbocycles. The van der Waals surface area contributed by atoms with Gasteiger partial charge in [-0.3, -0.25) is 9.97 Å². The van der Waals surface area contributed by atoms with Crippen molar-refractivity contribution in [2.45, 2.75) is 13.8 Å². The Hall–Kier alpha value is -5.35. The average Bonchev–Trinajstić information content (AvgIpc) is 3.12. The molecule has 0 spiro atoms. The van der Waals surface area contributed by atoms with Crippen molar-refractivity contribution in [2.75, 3.05) is 0 Å². The highest BCUT2D eigenvalue weighted by Gasteiger charge is 2.42. The molecule has 5 aromatic carbocycles. The zero-order chi connectivity index (χ0) is 32.4. The van der Waals surface area contributed by atoms with Gasteiger partial charge in [0.25, 0.3) is 0 Å². The number of aryl methyl sites for hydroxylation is 2. The number of benzene rings is 5. The molecule has 0 N–H and O–H groups in total. The maximum Gasteiger partial charge on any atom is 0.140 e. The van der Waals surface area contributed by atoms with Gasteiger partial charge in [-0.1, -0.05) is 78.5 Å². The van der Waals surface area contributed by atoms with Crippen molar-refractivity contribution in [1.29, 1.82) is 0 Å². The molecule has 4 nitrogen and oxygen atoms in total. The number of aromatic nitrogens is 2. The molecule has 0 saturated heterocycles. The van der Waals surface area contributed by atoms with Crippen LogP contribution in [0.25, 0.3) is 44.5 Å². The van der Waals surface area contributed by atoms with Crippen LogP contribution in [0.5, 0.6) is 23.0 Å². The van der Waals surface area contributed by atoms with Crippen LogP contribution in [-0.2, 0) is 11.8 Å². The Morgan fingerprint density at radius 1 is 0.438 bits per heavy atom. The second-order valence-corrected chi connectivity index (χ2v) is 16.7. The van der Waals surface area contributed by atoms with Crippen molar-refractivity contribution in [3.8, 4) is 67.5 Å². The van der Waals surface area contributed by atoms with E-state index in [1.54, 1.807) is 0 Å². The summed E-state index contributed by atoms with van der Waals surface area (Å²) in [5.41, 5.74) is 11.2. The molecule has 9 rings (SSSR count). The van der Waals surface area contributed by atoms with E-state index in [4.69, 9.17) is 21.3 Å². The minimum atomic E-state index is -2.57. The second-order valence-electron chi connectivity index (χ2n) is 12.4. The summed E-state index contributed by atoms with van der Waals surface area (Å²) >= 11 is 6.91. The minimum absolute atomic E-state index is 0.777. The maximum absolute atomic E-state index is 6.91. The van der Waals surface area contributed by atoms with Crippen molar-refractivity contribution in [3.05, 3.63) is 151 Å². The number of nitrogens with zero attached hydrogens (tertiary/aromatic N) is 2. The zero-order valence-electron chi connectivity index (χ0n) is 26.3. The van der Waals surface area contributed by atoms with Crippen molar-refractivity contribution < 1.29 is 9.47 Å². The van der Waals surface area contributed by atoms with Crippen LogP contribution < -0.4 is 25.4 Å². The third kappa shape index (κ3) is 4.70. The van der Waals surface area contributed by atoms with Gasteiger partial charge in [0.2, 0.25) is 0 Å². The van der Waals surface area contributed by atoms with Crippen LogP contribution in [0, 0.1) is 13.8 Å². The van der Waals surface area contributed by atoms with Gasteiger partial charge in [-0.2, -0.15) is 0 Å².